The predicted molar refractivity (Wildman–Crippen MR) is 79.3 cm³/mol. The van der Waals surface area contributed by atoms with Gasteiger partial charge in [-0.05, 0) is 50.0 Å². The van der Waals surface area contributed by atoms with Gasteiger partial charge in [-0.25, -0.2) is 0 Å². The molecule has 0 aromatic rings. The third-order valence-corrected chi connectivity index (χ3v) is 4.80. The van der Waals surface area contributed by atoms with E-state index in [1.165, 1.54) is 30.8 Å². The first-order chi connectivity index (χ1) is 8.76. The van der Waals surface area contributed by atoms with E-state index in [0.717, 1.165) is 25.9 Å². The number of rotatable bonds is 12. The van der Waals surface area contributed by atoms with Gasteiger partial charge in [-0.3, -0.25) is 0 Å². The van der Waals surface area contributed by atoms with Gasteiger partial charge in [-0.2, -0.15) is 11.8 Å². The molecule has 0 spiro atoms. The Hall–Kier alpha value is 0.230. The average Bonchev–Trinajstić information content (AvgIpc) is 3.20. The molecule has 1 fully saturated rings. The Balaban J connectivity index is 2.09. The molecule has 1 unspecified atom stereocenters. The second-order valence-electron chi connectivity index (χ2n) is 5.27. The van der Waals surface area contributed by atoms with Crippen molar-refractivity contribution in [2.45, 2.75) is 57.0 Å². The highest BCUT2D eigenvalue weighted by atomic mass is 32.2. The zero-order valence-electron chi connectivity index (χ0n) is 11.9. The summed E-state index contributed by atoms with van der Waals surface area (Å²) in [7, 11) is 1.76. The average molecular weight is 275 g/mol. The first-order valence-corrected chi connectivity index (χ1v) is 8.37. The van der Waals surface area contributed by atoms with Gasteiger partial charge in [0.2, 0.25) is 0 Å². The molecule has 0 amide bonds. The second-order valence-corrected chi connectivity index (χ2v) is 6.50. The Morgan fingerprint density at radius 1 is 1.33 bits per heavy atom. The summed E-state index contributed by atoms with van der Waals surface area (Å²) in [4.78, 5) is 0. The maximum absolute atomic E-state index is 9.64. The van der Waals surface area contributed by atoms with Gasteiger partial charge in [0.05, 0.1) is 6.61 Å². The van der Waals surface area contributed by atoms with Crippen LogP contribution in [0.15, 0.2) is 0 Å². The molecule has 0 aromatic carbocycles. The van der Waals surface area contributed by atoms with Gasteiger partial charge in [-0.15, -0.1) is 0 Å². The van der Waals surface area contributed by atoms with Crippen LogP contribution < -0.4 is 5.32 Å². The lowest BCUT2D eigenvalue weighted by atomic mass is 9.91. The van der Waals surface area contributed by atoms with E-state index in [9.17, 15) is 5.11 Å². The maximum Gasteiger partial charge on any atom is 0.0613 e. The highest BCUT2D eigenvalue weighted by Gasteiger charge is 2.33. The molecule has 108 valence electrons. The van der Waals surface area contributed by atoms with Crippen LogP contribution in [-0.2, 0) is 4.74 Å². The van der Waals surface area contributed by atoms with Crippen LogP contribution in [0.1, 0.15) is 45.4 Å². The molecule has 1 saturated carbocycles. The minimum Gasteiger partial charge on any atom is -0.394 e. The van der Waals surface area contributed by atoms with Gasteiger partial charge < -0.3 is 15.2 Å². The van der Waals surface area contributed by atoms with Crippen LogP contribution in [0.5, 0.6) is 0 Å². The van der Waals surface area contributed by atoms with Crippen molar-refractivity contribution in [3.8, 4) is 0 Å². The molecule has 4 heteroatoms. The predicted octanol–water partition coefficient (Wildman–Crippen LogP) is 2.43. The third-order valence-electron chi connectivity index (χ3n) is 3.65. The Labute approximate surface area is 116 Å². The third kappa shape index (κ3) is 6.41. The molecule has 0 radical (unpaired) electrons. The molecular weight excluding hydrogens is 246 g/mol. The monoisotopic (exact) mass is 275 g/mol. The van der Waals surface area contributed by atoms with Crippen LogP contribution in [-0.4, -0.2) is 48.5 Å². The molecule has 1 rings (SSSR count). The smallest absolute Gasteiger partial charge is 0.0613 e. The van der Waals surface area contributed by atoms with Crippen molar-refractivity contribution in [2.75, 3.05) is 31.8 Å². The Morgan fingerprint density at radius 3 is 2.61 bits per heavy atom. The summed E-state index contributed by atoms with van der Waals surface area (Å²) in [6.07, 6.45) is 7.01. The Bertz CT molecular complexity index is 206. The first-order valence-electron chi connectivity index (χ1n) is 7.21. The number of ether oxygens (including phenoxy) is 1. The molecule has 0 heterocycles. The fourth-order valence-electron chi connectivity index (χ4n) is 2.17. The molecule has 0 saturated heterocycles. The molecule has 1 aliphatic carbocycles. The molecule has 0 aliphatic heterocycles. The minimum absolute atomic E-state index is 0.0196. The van der Waals surface area contributed by atoms with Crippen LogP contribution in [0, 0.1) is 0 Å². The standard InChI is InChI=1S/C14H29NO2S/c1-3-14(12-16,15-13-6-7-13)8-4-10-18-11-5-9-17-2/h13,15-16H,3-12H2,1-2H3. The largest absolute Gasteiger partial charge is 0.394 e. The van der Waals surface area contributed by atoms with Crippen molar-refractivity contribution in [1.82, 2.24) is 5.32 Å². The van der Waals surface area contributed by atoms with E-state index in [4.69, 9.17) is 4.74 Å². The van der Waals surface area contributed by atoms with Gasteiger partial charge in [0.1, 0.15) is 0 Å². The van der Waals surface area contributed by atoms with E-state index >= 15 is 0 Å². The van der Waals surface area contributed by atoms with E-state index in [0.29, 0.717) is 6.04 Å². The summed E-state index contributed by atoms with van der Waals surface area (Å²) >= 11 is 2.00. The SMILES string of the molecule is CCC(CO)(CCCSCCCOC)NC1CC1. The molecule has 0 aromatic heterocycles. The summed E-state index contributed by atoms with van der Waals surface area (Å²) in [5.74, 6) is 2.37. The van der Waals surface area contributed by atoms with Gasteiger partial charge >= 0.3 is 0 Å². The fraction of sp³-hybridized carbons (Fsp3) is 1.00. The van der Waals surface area contributed by atoms with E-state index in [1.54, 1.807) is 7.11 Å². The number of hydrogen-bond acceptors (Lipinski definition) is 4. The van der Waals surface area contributed by atoms with Crippen molar-refractivity contribution in [3.63, 3.8) is 0 Å². The zero-order valence-corrected chi connectivity index (χ0v) is 12.7. The number of thioether (sulfide) groups is 1. The van der Waals surface area contributed by atoms with Gasteiger partial charge in [0.15, 0.2) is 0 Å². The van der Waals surface area contributed by atoms with E-state index in [-0.39, 0.29) is 12.1 Å². The van der Waals surface area contributed by atoms with E-state index < -0.39 is 0 Å². The highest BCUT2D eigenvalue weighted by Crippen LogP contribution is 2.27. The van der Waals surface area contributed by atoms with Crippen molar-refractivity contribution < 1.29 is 9.84 Å². The van der Waals surface area contributed by atoms with Crippen LogP contribution in [0.4, 0.5) is 0 Å². The number of aliphatic hydroxyl groups is 1. The topological polar surface area (TPSA) is 41.5 Å². The number of hydrogen-bond donors (Lipinski definition) is 2. The lowest BCUT2D eigenvalue weighted by Gasteiger charge is -2.32. The molecule has 2 N–H and O–H groups in total. The van der Waals surface area contributed by atoms with Crippen LogP contribution in [0.2, 0.25) is 0 Å². The number of nitrogens with one attached hydrogen (secondary N) is 1. The Morgan fingerprint density at radius 2 is 2.06 bits per heavy atom. The normalized spacial score (nSPS) is 18.8. The van der Waals surface area contributed by atoms with E-state index in [1.807, 2.05) is 11.8 Å². The van der Waals surface area contributed by atoms with Crippen molar-refractivity contribution in [1.29, 1.82) is 0 Å². The number of aliphatic hydroxyl groups excluding tert-OH is 1. The minimum atomic E-state index is -0.0196. The summed E-state index contributed by atoms with van der Waals surface area (Å²) < 4.78 is 5.03. The molecule has 0 bridgehead atoms. The van der Waals surface area contributed by atoms with E-state index in [2.05, 4.69) is 12.2 Å². The van der Waals surface area contributed by atoms with Crippen LogP contribution in [0.3, 0.4) is 0 Å². The van der Waals surface area contributed by atoms with Gasteiger partial charge in [-0.1, -0.05) is 6.92 Å². The molecule has 1 aliphatic rings. The van der Waals surface area contributed by atoms with Gasteiger partial charge in [0, 0.05) is 25.3 Å². The lowest BCUT2D eigenvalue weighted by molar-refractivity contribution is 0.144. The lowest BCUT2D eigenvalue weighted by Crippen LogP contribution is -2.49. The molecule has 1 atom stereocenters. The fourth-order valence-corrected chi connectivity index (χ4v) is 3.04. The molecule has 18 heavy (non-hydrogen) atoms. The maximum atomic E-state index is 9.64. The highest BCUT2D eigenvalue weighted by molar-refractivity contribution is 7.99. The first kappa shape index (κ1) is 16.3. The van der Waals surface area contributed by atoms with Crippen LogP contribution >= 0.6 is 11.8 Å². The molecule has 3 nitrogen and oxygen atoms in total. The zero-order chi connectivity index (χ0) is 13.3. The van der Waals surface area contributed by atoms with Crippen LogP contribution in [0.25, 0.3) is 0 Å². The summed E-state index contributed by atoms with van der Waals surface area (Å²) in [5, 5.41) is 13.3. The number of methoxy groups -OCH3 is 1. The quantitative estimate of drug-likeness (QED) is 0.537. The van der Waals surface area contributed by atoms with Crippen molar-refractivity contribution in [2.24, 2.45) is 0 Å². The summed E-state index contributed by atoms with van der Waals surface area (Å²) in [5.41, 5.74) is -0.0196. The van der Waals surface area contributed by atoms with Gasteiger partial charge in [0.25, 0.3) is 0 Å². The van der Waals surface area contributed by atoms with Crippen molar-refractivity contribution >= 4 is 11.8 Å². The summed E-state index contributed by atoms with van der Waals surface area (Å²) in [6.45, 7) is 3.32. The summed E-state index contributed by atoms with van der Waals surface area (Å²) in [6, 6.07) is 0.673. The Kier molecular flexibility index (Phi) is 8.31. The van der Waals surface area contributed by atoms with Crippen molar-refractivity contribution in [3.05, 3.63) is 0 Å². The second kappa shape index (κ2) is 9.18. The molecular formula is C14H29NO2S.